The fraction of sp³-hybridized carbons (Fsp3) is 0.238. The van der Waals surface area contributed by atoms with Gasteiger partial charge in [-0.3, -0.25) is 4.79 Å². The Kier molecular flexibility index (Phi) is 4.69. The molecule has 0 radical (unpaired) electrons. The van der Waals surface area contributed by atoms with Gasteiger partial charge in [0, 0.05) is 18.9 Å². The van der Waals surface area contributed by atoms with Crippen molar-refractivity contribution in [3.8, 4) is 11.4 Å². The summed E-state index contributed by atoms with van der Waals surface area (Å²) in [6, 6.07) is 18.0. The molecule has 1 atom stereocenters. The van der Waals surface area contributed by atoms with E-state index in [1.165, 1.54) is 5.56 Å². The number of carbonyl (C=O) groups excluding carboxylic acids is 1. The van der Waals surface area contributed by atoms with E-state index in [4.69, 9.17) is 4.74 Å². The molecule has 0 fully saturated rings. The van der Waals surface area contributed by atoms with Crippen LogP contribution in [0.3, 0.4) is 0 Å². The van der Waals surface area contributed by atoms with E-state index in [-0.39, 0.29) is 11.8 Å². The number of benzene rings is 2. The molecule has 0 saturated carbocycles. The Balaban J connectivity index is 1.28. The smallest absolute Gasteiger partial charge is 0.226 e. The van der Waals surface area contributed by atoms with E-state index in [1.807, 2.05) is 53.3 Å². The van der Waals surface area contributed by atoms with Crippen molar-refractivity contribution in [1.82, 2.24) is 15.1 Å². The highest BCUT2D eigenvalue weighted by Gasteiger charge is 2.25. The van der Waals surface area contributed by atoms with Crippen LogP contribution in [0.25, 0.3) is 5.69 Å². The minimum atomic E-state index is -0.118. The fourth-order valence-corrected chi connectivity index (χ4v) is 3.21. The number of amides is 1. The van der Waals surface area contributed by atoms with Crippen molar-refractivity contribution < 1.29 is 9.53 Å². The second kappa shape index (κ2) is 7.44. The molecule has 5 heteroatoms. The number of fused-ring (bicyclic) bond motifs is 1. The largest absolute Gasteiger partial charge is 0.492 e. The van der Waals surface area contributed by atoms with Crippen LogP contribution in [0.4, 0.5) is 0 Å². The molecule has 0 spiro atoms. The van der Waals surface area contributed by atoms with Crippen molar-refractivity contribution in [3.63, 3.8) is 0 Å². The SMILES string of the molecule is O=C(NCCc1ccc(-n2cccn2)cc1)C1COc2ccccc2C1. The van der Waals surface area contributed by atoms with E-state index >= 15 is 0 Å². The van der Waals surface area contributed by atoms with Crippen LogP contribution in [-0.2, 0) is 17.6 Å². The maximum atomic E-state index is 12.4. The molecule has 0 saturated heterocycles. The summed E-state index contributed by atoms with van der Waals surface area (Å²) in [5.41, 5.74) is 3.32. The van der Waals surface area contributed by atoms with Crippen LogP contribution in [0.2, 0.25) is 0 Å². The van der Waals surface area contributed by atoms with Crippen LogP contribution < -0.4 is 10.1 Å². The molecule has 1 N–H and O–H groups in total. The zero-order chi connectivity index (χ0) is 17.8. The number of nitrogens with one attached hydrogen (secondary N) is 1. The third-order valence-corrected chi connectivity index (χ3v) is 4.67. The summed E-state index contributed by atoms with van der Waals surface area (Å²) >= 11 is 0. The molecule has 4 rings (SSSR count). The van der Waals surface area contributed by atoms with Gasteiger partial charge in [0.1, 0.15) is 12.4 Å². The summed E-state index contributed by atoms with van der Waals surface area (Å²) in [6.45, 7) is 1.07. The third-order valence-electron chi connectivity index (χ3n) is 4.67. The average molecular weight is 347 g/mol. The van der Waals surface area contributed by atoms with E-state index < -0.39 is 0 Å². The van der Waals surface area contributed by atoms with E-state index in [2.05, 4.69) is 22.5 Å². The number of carbonyl (C=O) groups is 1. The molecule has 1 unspecified atom stereocenters. The second-order valence-corrected chi connectivity index (χ2v) is 6.48. The molecule has 132 valence electrons. The van der Waals surface area contributed by atoms with Crippen LogP contribution in [0, 0.1) is 5.92 Å². The third kappa shape index (κ3) is 3.61. The molecule has 1 aromatic heterocycles. The number of aromatic nitrogens is 2. The average Bonchev–Trinajstić information content (AvgIpc) is 3.23. The molecule has 0 aliphatic carbocycles. The van der Waals surface area contributed by atoms with Gasteiger partial charge in [-0.2, -0.15) is 5.10 Å². The Labute approximate surface area is 152 Å². The number of para-hydroxylation sites is 1. The molecule has 3 aromatic rings. The second-order valence-electron chi connectivity index (χ2n) is 6.48. The monoisotopic (exact) mass is 347 g/mol. The lowest BCUT2D eigenvalue weighted by Gasteiger charge is -2.24. The van der Waals surface area contributed by atoms with Crippen LogP contribution in [0.15, 0.2) is 67.0 Å². The summed E-state index contributed by atoms with van der Waals surface area (Å²) in [7, 11) is 0. The number of nitrogens with zero attached hydrogens (tertiary/aromatic N) is 2. The van der Waals surface area contributed by atoms with Crippen molar-refractivity contribution in [2.75, 3.05) is 13.2 Å². The molecule has 5 nitrogen and oxygen atoms in total. The lowest BCUT2D eigenvalue weighted by atomic mass is 9.96. The first-order valence-electron chi connectivity index (χ1n) is 8.87. The van der Waals surface area contributed by atoms with Gasteiger partial charge in [-0.15, -0.1) is 0 Å². The molecular formula is C21H21N3O2. The van der Waals surface area contributed by atoms with Crippen LogP contribution in [0.5, 0.6) is 5.75 Å². The number of hydrogen-bond acceptors (Lipinski definition) is 3. The number of rotatable bonds is 5. The van der Waals surface area contributed by atoms with E-state index in [9.17, 15) is 4.79 Å². The van der Waals surface area contributed by atoms with Gasteiger partial charge in [0.05, 0.1) is 11.6 Å². The van der Waals surface area contributed by atoms with Gasteiger partial charge in [-0.25, -0.2) is 4.68 Å². The summed E-state index contributed by atoms with van der Waals surface area (Å²) < 4.78 is 7.53. The first-order valence-corrected chi connectivity index (χ1v) is 8.87. The van der Waals surface area contributed by atoms with Crippen LogP contribution in [-0.4, -0.2) is 28.8 Å². The first kappa shape index (κ1) is 16.4. The number of ether oxygens (including phenoxy) is 1. The minimum absolute atomic E-state index is 0.0627. The highest BCUT2D eigenvalue weighted by atomic mass is 16.5. The highest BCUT2D eigenvalue weighted by Crippen LogP contribution is 2.26. The number of hydrogen-bond donors (Lipinski definition) is 1. The summed E-state index contributed by atoms with van der Waals surface area (Å²) in [6.07, 6.45) is 5.21. The van der Waals surface area contributed by atoms with Crippen molar-refractivity contribution in [2.45, 2.75) is 12.8 Å². The summed E-state index contributed by atoms with van der Waals surface area (Å²) in [4.78, 5) is 12.4. The summed E-state index contributed by atoms with van der Waals surface area (Å²) in [5, 5.41) is 7.25. The van der Waals surface area contributed by atoms with E-state index in [0.717, 1.165) is 29.8 Å². The predicted molar refractivity (Wildman–Crippen MR) is 99.4 cm³/mol. The molecule has 2 heterocycles. The van der Waals surface area contributed by atoms with Gasteiger partial charge in [-0.1, -0.05) is 30.3 Å². The molecule has 1 amide bonds. The van der Waals surface area contributed by atoms with Crippen molar-refractivity contribution in [3.05, 3.63) is 78.1 Å². The van der Waals surface area contributed by atoms with Gasteiger partial charge in [0.15, 0.2) is 0 Å². The Morgan fingerprint density at radius 1 is 1.15 bits per heavy atom. The van der Waals surface area contributed by atoms with Gasteiger partial charge in [-0.05, 0) is 48.2 Å². The quantitative estimate of drug-likeness (QED) is 0.772. The lowest BCUT2D eigenvalue weighted by molar-refractivity contribution is -0.126. The predicted octanol–water partition coefficient (Wildman–Crippen LogP) is 2.78. The van der Waals surface area contributed by atoms with Gasteiger partial charge >= 0.3 is 0 Å². The van der Waals surface area contributed by atoms with Gasteiger partial charge in [0.25, 0.3) is 0 Å². The Bertz CT molecular complexity index is 873. The van der Waals surface area contributed by atoms with Gasteiger partial charge < -0.3 is 10.1 Å². The Hall–Kier alpha value is -3.08. The van der Waals surface area contributed by atoms with Crippen molar-refractivity contribution >= 4 is 5.91 Å². The Morgan fingerprint density at radius 2 is 2.00 bits per heavy atom. The zero-order valence-electron chi connectivity index (χ0n) is 14.5. The van der Waals surface area contributed by atoms with Gasteiger partial charge in [0.2, 0.25) is 5.91 Å². The molecule has 1 aliphatic rings. The first-order chi connectivity index (χ1) is 12.8. The van der Waals surface area contributed by atoms with E-state index in [0.29, 0.717) is 13.2 Å². The highest BCUT2D eigenvalue weighted by molar-refractivity contribution is 5.79. The lowest BCUT2D eigenvalue weighted by Crippen LogP contribution is -2.38. The molecular weight excluding hydrogens is 326 g/mol. The van der Waals surface area contributed by atoms with Crippen molar-refractivity contribution in [1.29, 1.82) is 0 Å². The standard InChI is InChI=1S/C21H21N3O2/c25-21(18-14-17-4-1-2-5-20(17)26-15-18)22-12-10-16-6-8-19(9-7-16)24-13-3-11-23-24/h1-9,11,13,18H,10,12,14-15H2,(H,22,25). The van der Waals surface area contributed by atoms with Crippen molar-refractivity contribution in [2.24, 2.45) is 5.92 Å². The minimum Gasteiger partial charge on any atom is -0.492 e. The van der Waals surface area contributed by atoms with Crippen LogP contribution in [0.1, 0.15) is 11.1 Å². The molecule has 1 aliphatic heterocycles. The topological polar surface area (TPSA) is 56.2 Å². The van der Waals surface area contributed by atoms with E-state index in [1.54, 1.807) is 6.20 Å². The zero-order valence-corrected chi connectivity index (χ0v) is 14.5. The fourth-order valence-electron chi connectivity index (χ4n) is 3.21. The summed E-state index contributed by atoms with van der Waals surface area (Å²) in [5.74, 6) is 0.841. The maximum Gasteiger partial charge on any atom is 0.226 e. The normalized spacial score (nSPS) is 15.8. The Morgan fingerprint density at radius 3 is 2.81 bits per heavy atom. The maximum absolute atomic E-state index is 12.4. The molecule has 2 aromatic carbocycles. The molecule has 26 heavy (non-hydrogen) atoms. The molecule has 0 bridgehead atoms. The van der Waals surface area contributed by atoms with Crippen LogP contribution >= 0.6 is 0 Å².